The van der Waals surface area contributed by atoms with Crippen LogP contribution in [0.4, 0.5) is 9.59 Å². The highest BCUT2D eigenvalue weighted by atomic mass is 35.5. The number of nitrogens with zero attached hydrogens (tertiary/aromatic N) is 1. The molecule has 1 saturated carbocycles. The van der Waals surface area contributed by atoms with Gasteiger partial charge in [0.2, 0.25) is 5.91 Å². The van der Waals surface area contributed by atoms with Gasteiger partial charge in [0, 0.05) is 30.1 Å². The number of carbonyl (C=O) groups excluding carboxylic acids is 3. The Labute approximate surface area is 229 Å². The minimum absolute atomic E-state index is 0.0332. The molecule has 0 aromatic heterocycles. The second kappa shape index (κ2) is 13.5. The molecule has 0 spiro atoms. The summed E-state index contributed by atoms with van der Waals surface area (Å²) in [5.74, 6) is -0.506. The highest BCUT2D eigenvalue weighted by molar-refractivity contribution is 6.30. The van der Waals surface area contributed by atoms with Gasteiger partial charge in [-0.3, -0.25) is 4.79 Å². The number of likely N-dealkylation sites (tertiary alicyclic amines) is 1. The van der Waals surface area contributed by atoms with Crippen molar-refractivity contribution in [3.63, 3.8) is 0 Å². The molecule has 2 aromatic rings. The van der Waals surface area contributed by atoms with Crippen LogP contribution in [0.1, 0.15) is 55.6 Å². The van der Waals surface area contributed by atoms with Crippen LogP contribution in [-0.2, 0) is 20.9 Å². The summed E-state index contributed by atoms with van der Waals surface area (Å²) in [6.45, 7) is 1.22. The molecule has 2 atom stereocenters. The van der Waals surface area contributed by atoms with Gasteiger partial charge in [0.25, 0.3) is 0 Å². The normalized spacial score (nSPS) is 17.9. The van der Waals surface area contributed by atoms with Crippen molar-refractivity contribution in [3.8, 4) is 0 Å². The summed E-state index contributed by atoms with van der Waals surface area (Å²) >= 11 is 6.17. The molecule has 8 nitrogen and oxygen atoms in total. The number of carbonyl (C=O) groups is 3. The minimum Gasteiger partial charge on any atom is -0.453 e. The number of hydrogen-bond acceptors (Lipinski definition) is 5. The van der Waals surface area contributed by atoms with Gasteiger partial charge >= 0.3 is 12.2 Å². The van der Waals surface area contributed by atoms with Gasteiger partial charge in [0.05, 0.1) is 7.11 Å². The van der Waals surface area contributed by atoms with Gasteiger partial charge in [-0.2, -0.15) is 0 Å². The summed E-state index contributed by atoms with van der Waals surface area (Å²) in [6, 6.07) is 16.3. The molecule has 1 aliphatic heterocycles. The van der Waals surface area contributed by atoms with Crippen molar-refractivity contribution in [1.29, 1.82) is 0 Å². The fourth-order valence-electron chi connectivity index (χ4n) is 5.54. The molecule has 4 rings (SSSR count). The smallest absolute Gasteiger partial charge is 0.410 e. The van der Waals surface area contributed by atoms with Gasteiger partial charge in [0.15, 0.2) is 0 Å². The molecule has 9 heteroatoms. The van der Waals surface area contributed by atoms with E-state index < -0.39 is 12.1 Å². The number of piperidine rings is 1. The summed E-state index contributed by atoms with van der Waals surface area (Å²) in [6.07, 6.45) is 4.35. The summed E-state index contributed by atoms with van der Waals surface area (Å²) in [4.78, 5) is 40.4. The number of ether oxygens (including phenoxy) is 2. The van der Waals surface area contributed by atoms with E-state index in [1.54, 1.807) is 17.0 Å². The van der Waals surface area contributed by atoms with Gasteiger partial charge in [0.1, 0.15) is 12.6 Å². The van der Waals surface area contributed by atoms with E-state index in [4.69, 9.17) is 21.1 Å². The molecule has 2 N–H and O–H groups in total. The van der Waals surface area contributed by atoms with Crippen LogP contribution in [-0.4, -0.2) is 55.3 Å². The Balaban J connectivity index is 1.49. The molecule has 38 heavy (non-hydrogen) atoms. The quantitative estimate of drug-likeness (QED) is 0.475. The molecule has 204 valence electrons. The first-order chi connectivity index (χ1) is 18.4. The predicted octanol–water partition coefficient (Wildman–Crippen LogP) is 5.26. The lowest BCUT2D eigenvalue weighted by Crippen LogP contribution is -2.54. The molecule has 1 unspecified atom stereocenters. The lowest BCUT2D eigenvalue weighted by atomic mass is 9.75. The van der Waals surface area contributed by atoms with Crippen molar-refractivity contribution in [2.24, 2.45) is 5.92 Å². The highest BCUT2D eigenvalue weighted by Gasteiger charge is 2.40. The van der Waals surface area contributed by atoms with E-state index in [2.05, 4.69) is 10.6 Å². The molecule has 2 aromatic carbocycles. The maximum absolute atomic E-state index is 13.6. The highest BCUT2D eigenvalue weighted by Crippen LogP contribution is 2.37. The average molecular weight is 542 g/mol. The lowest BCUT2D eigenvalue weighted by molar-refractivity contribution is -0.124. The van der Waals surface area contributed by atoms with Crippen LogP contribution in [0.5, 0.6) is 0 Å². The molecule has 2 aliphatic rings. The SMILES string of the molecule is COC(=O)N[C@@H](C(=O)NC1CCCC1)C(c1ccc(Cl)cc1)C1CCN(C(=O)OCc2ccccc2)CC1. The molecule has 0 bridgehead atoms. The van der Waals surface area contributed by atoms with Crippen LogP contribution in [0.2, 0.25) is 5.02 Å². The molecule has 1 heterocycles. The first kappa shape index (κ1) is 27.8. The number of benzene rings is 2. The third kappa shape index (κ3) is 7.40. The molecular formula is C29H36ClN3O5. The molecule has 0 radical (unpaired) electrons. The lowest BCUT2D eigenvalue weighted by Gasteiger charge is -2.39. The number of alkyl carbamates (subject to hydrolysis) is 1. The second-order valence-electron chi connectivity index (χ2n) is 10.0. The molecule has 1 saturated heterocycles. The van der Waals surface area contributed by atoms with Crippen molar-refractivity contribution in [2.45, 2.75) is 63.1 Å². The standard InChI is InChI=1S/C29H36ClN3O5/c1-37-28(35)32-26(27(34)31-24-9-5-6-10-24)25(21-11-13-23(30)14-12-21)22-15-17-33(18-16-22)29(36)38-19-20-7-3-2-4-8-20/h2-4,7-8,11-14,22,24-26H,5-6,9-10,15-19H2,1H3,(H,31,34)(H,32,35)/t25?,26-/m1/s1. The van der Waals surface area contributed by atoms with E-state index >= 15 is 0 Å². The molecule has 3 amide bonds. The number of methoxy groups -OCH3 is 1. The van der Waals surface area contributed by atoms with Crippen molar-refractivity contribution in [1.82, 2.24) is 15.5 Å². The van der Waals surface area contributed by atoms with Crippen molar-refractivity contribution >= 4 is 29.7 Å². The fourth-order valence-corrected chi connectivity index (χ4v) is 5.66. The topological polar surface area (TPSA) is 97.0 Å². The van der Waals surface area contributed by atoms with E-state index in [1.165, 1.54) is 7.11 Å². The molecule has 2 fully saturated rings. The fraction of sp³-hybridized carbons (Fsp3) is 0.483. The Hall–Kier alpha value is -3.26. The Morgan fingerprint density at radius 1 is 0.974 bits per heavy atom. The number of nitrogens with one attached hydrogen (secondary N) is 2. The summed E-state index contributed by atoms with van der Waals surface area (Å²) < 4.78 is 10.4. The number of hydrogen-bond donors (Lipinski definition) is 2. The maximum atomic E-state index is 13.6. The third-order valence-electron chi connectivity index (χ3n) is 7.57. The zero-order chi connectivity index (χ0) is 26.9. The van der Waals surface area contributed by atoms with Gasteiger partial charge < -0.3 is 25.0 Å². The van der Waals surface area contributed by atoms with E-state index in [1.807, 2.05) is 42.5 Å². The summed E-state index contributed by atoms with van der Waals surface area (Å²) in [5, 5.41) is 6.55. The average Bonchev–Trinajstić information content (AvgIpc) is 3.46. The summed E-state index contributed by atoms with van der Waals surface area (Å²) in [7, 11) is 1.29. The van der Waals surface area contributed by atoms with Crippen LogP contribution in [0.15, 0.2) is 54.6 Å². The number of halogens is 1. The van der Waals surface area contributed by atoms with Gasteiger partial charge in [-0.1, -0.05) is 66.9 Å². The van der Waals surface area contributed by atoms with E-state index in [0.717, 1.165) is 36.8 Å². The number of rotatable bonds is 8. The third-order valence-corrected chi connectivity index (χ3v) is 7.82. The van der Waals surface area contributed by atoms with Crippen LogP contribution < -0.4 is 10.6 Å². The van der Waals surface area contributed by atoms with Crippen molar-refractivity contribution in [2.75, 3.05) is 20.2 Å². The van der Waals surface area contributed by atoms with Gasteiger partial charge in [-0.05, 0) is 54.9 Å². The zero-order valence-electron chi connectivity index (χ0n) is 21.7. The van der Waals surface area contributed by atoms with E-state index in [9.17, 15) is 14.4 Å². The Bertz CT molecular complexity index is 1070. The first-order valence-corrected chi connectivity index (χ1v) is 13.7. The van der Waals surface area contributed by atoms with Crippen LogP contribution in [0, 0.1) is 5.92 Å². The summed E-state index contributed by atoms with van der Waals surface area (Å²) in [5.41, 5.74) is 1.84. The van der Waals surface area contributed by atoms with Crippen molar-refractivity contribution < 1.29 is 23.9 Å². The van der Waals surface area contributed by atoms with Gasteiger partial charge in [-0.25, -0.2) is 9.59 Å². The largest absolute Gasteiger partial charge is 0.453 e. The zero-order valence-corrected chi connectivity index (χ0v) is 22.5. The van der Waals surface area contributed by atoms with Gasteiger partial charge in [-0.15, -0.1) is 0 Å². The Morgan fingerprint density at radius 3 is 2.26 bits per heavy atom. The van der Waals surface area contributed by atoms with Crippen LogP contribution in [0.25, 0.3) is 0 Å². The Morgan fingerprint density at radius 2 is 1.63 bits per heavy atom. The maximum Gasteiger partial charge on any atom is 0.410 e. The second-order valence-corrected chi connectivity index (χ2v) is 10.5. The molecular weight excluding hydrogens is 506 g/mol. The Kier molecular flexibility index (Phi) is 9.87. The van der Waals surface area contributed by atoms with Crippen molar-refractivity contribution in [3.05, 3.63) is 70.7 Å². The van der Waals surface area contributed by atoms with E-state index in [0.29, 0.717) is 31.0 Å². The van der Waals surface area contributed by atoms with Crippen LogP contribution >= 0.6 is 11.6 Å². The number of amides is 3. The first-order valence-electron chi connectivity index (χ1n) is 13.3. The minimum atomic E-state index is -0.828. The monoisotopic (exact) mass is 541 g/mol. The van der Waals surface area contributed by atoms with E-state index in [-0.39, 0.29) is 36.5 Å². The predicted molar refractivity (Wildman–Crippen MR) is 145 cm³/mol. The molecule has 1 aliphatic carbocycles. The van der Waals surface area contributed by atoms with Crippen LogP contribution in [0.3, 0.4) is 0 Å².